The van der Waals surface area contributed by atoms with Crippen molar-refractivity contribution < 1.29 is 14.6 Å². The summed E-state index contributed by atoms with van der Waals surface area (Å²) in [5.74, 6) is 0.748. The molecule has 0 aliphatic heterocycles. The molecule has 1 aliphatic carbocycles. The van der Waals surface area contributed by atoms with Crippen LogP contribution >= 0.6 is 0 Å². The Morgan fingerprint density at radius 3 is 2.67 bits per heavy atom. The van der Waals surface area contributed by atoms with Gasteiger partial charge in [0.25, 0.3) is 0 Å². The minimum absolute atomic E-state index is 0.0166. The van der Waals surface area contributed by atoms with Gasteiger partial charge in [-0.2, -0.15) is 0 Å². The molecule has 0 saturated heterocycles. The topological polar surface area (TPSA) is 65.0 Å². The van der Waals surface area contributed by atoms with Gasteiger partial charge in [0.15, 0.2) is 0 Å². The number of nitrogens with one attached hydrogen (secondary N) is 1. The number of carbonyl (C=O) groups excluding carboxylic acids is 1. The van der Waals surface area contributed by atoms with E-state index in [0.717, 1.165) is 11.3 Å². The summed E-state index contributed by atoms with van der Waals surface area (Å²) < 4.78 is 5.92. The third kappa shape index (κ3) is 7.48. The molecule has 1 aromatic carbocycles. The van der Waals surface area contributed by atoms with Crippen molar-refractivity contribution in [2.45, 2.75) is 50.8 Å². The second kappa shape index (κ2) is 11.3. The van der Waals surface area contributed by atoms with Crippen molar-refractivity contribution >= 4 is 5.91 Å². The maximum atomic E-state index is 11.5. The number of carbonyl (C=O) groups is 1. The molecule has 1 aliphatic rings. The van der Waals surface area contributed by atoms with E-state index >= 15 is 0 Å². The van der Waals surface area contributed by atoms with E-state index < -0.39 is 6.10 Å². The number of nitrogens with zero attached hydrogens (tertiary/aromatic N) is 2. The van der Waals surface area contributed by atoms with Gasteiger partial charge in [-0.3, -0.25) is 9.69 Å². The van der Waals surface area contributed by atoms with E-state index in [-0.39, 0.29) is 12.5 Å². The summed E-state index contributed by atoms with van der Waals surface area (Å²) in [4.78, 5) is 15.7. The van der Waals surface area contributed by atoms with Gasteiger partial charge in [-0.25, -0.2) is 0 Å². The van der Waals surface area contributed by atoms with Gasteiger partial charge in [0, 0.05) is 31.7 Å². The molecule has 0 bridgehead atoms. The number of hydrogen-bond acceptors (Lipinski definition) is 5. The Hall–Kier alpha value is -1.63. The molecule has 1 amide bonds. The summed E-state index contributed by atoms with van der Waals surface area (Å²) in [5.41, 5.74) is 1.01. The molecule has 1 saturated carbocycles. The van der Waals surface area contributed by atoms with E-state index in [9.17, 15) is 9.90 Å². The molecule has 2 N–H and O–H groups in total. The molecule has 6 nitrogen and oxygen atoms in total. The average Bonchev–Trinajstić information content (AvgIpc) is 2.67. The third-order valence-electron chi connectivity index (χ3n) is 5.23. The van der Waals surface area contributed by atoms with E-state index in [2.05, 4.69) is 17.3 Å². The van der Waals surface area contributed by atoms with E-state index in [4.69, 9.17) is 4.74 Å². The van der Waals surface area contributed by atoms with E-state index in [0.29, 0.717) is 25.7 Å². The third-order valence-corrected chi connectivity index (χ3v) is 5.23. The number of aliphatic hydroxyl groups excluding tert-OH is 1. The van der Waals surface area contributed by atoms with Crippen molar-refractivity contribution in [1.82, 2.24) is 15.1 Å². The number of para-hydroxylation sites is 1. The number of ether oxygens (including phenoxy) is 1. The van der Waals surface area contributed by atoms with Crippen molar-refractivity contribution in [3.63, 3.8) is 0 Å². The number of aliphatic hydroxyl groups is 1. The van der Waals surface area contributed by atoms with Crippen LogP contribution < -0.4 is 10.1 Å². The van der Waals surface area contributed by atoms with Crippen LogP contribution in [0.4, 0.5) is 0 Å². The number of benzene rings is 1. The van der Waals surface area contributed by atoms with Gasteiger partial charge in [0.1, 0.15) is 18.5 Å². The lowest BCUT2D eigenvalue weighted by atomic mass is 9.94. The van der Waals surface area contributed by atoms with Crippen molar-refractivity contribution in [1.29, 1.82) is 0 Å². The van der Waals surface area contributed by atoms with Gasteiger partial charge in [-0.05, 0) is 33.0 Å². The first-order valence-corrected chi connectivity index (χ1v) is 9.97. The molecule has 2 rings (SSSR count). The molecule has 0 radical (unpaired) electrons. The van der Waals surface area contributed by atoms with Crippen molar-refractivity contribution in [3.05, 3.63) is 29.8 Å². The van der Waals surface area contributed by atoms with Crippen LogP contribution in [0.3, 0.4) is 0 Å². The maximum Gasteiger partial charge on any atom is 0.233 e. The molecular formula is C21H35N3O3. The fraction of sp³-hybridized carbons (Fsp3) is 0.667. The second-order valence-corrected chi connectivity index (χ2v) is 7.65. The van der Waals surface area contributed by atoms with Crippen molar-refractivity contribution in [3.8, 4) is 5.75 Å². The molecule has 27 heavy (non-hydrogen) atoms. The number of hydrogen-bond donors (Lipinski definition) is 2. The number of rotatable bonds is 10. The lowest BCUT2D eigenvalue weighted by molar-refractivity contribution is -0.121. The quantitative estimate of drug-likeness (QED) is 0.652. The van der Waals surface area contributed by atoms with Crippen LogP contribution in [0.25, 0.3) is 0 Å². The molecule has 6 heteroatoms. The first kappa shape index (κ1) is 21.7. The summed E-state index contributed by atoms with van der Waals surface area (Å²) in [6.07, 6.45) is 5.85. The lowest BCUT2D eigenvalue weighted by Crippen LogP contribution is -2.40. The highest BCUT2D eigenvalue weighted by atomic mass is 16.5. The van der Waals surface area contributed by atoms with Crippen molar-refractivity contribution in [2.24, 2.45) is 0 Å². The molecule has 1 atom stereocenters. The maximum absolute atomic E-state index is 11.5. The molecule has 1 aromatic rings. The van der Waals surface area contributed by atoms with Crippen LogP contribution in [-0.2, 0) is 11.3 Å². The van der Waals surface area contributed by atoms with Crippen LogP contribution in [-0.4, -0.2) is 73.8 Å². The van der Waals surface area contributed by atoms with E-state index in [1.807, 2.05) is 36.2 Å². The minimum Gasteiger partial charge on any atom is -0.491 e. The predicted octanol–water partition coefficient (Wildman–Crippen LogP) is 1.87. The Kier molecular flexibility index (Phi) is 9.04. The van der Waals surface area contributed by atoms with Crippen LogP contribution in [0.5, 0.6) is 5.75 Å². The summed E-state index contributed by atoms with van der Waals surface area (Å²) in [5, 5.41) is 13.0. The Morgan fingerprint density at radius 1 is 1.26 bits per heavy atom. The molecular weight excluding hydrogens is 342 g/mol. The second-order valence-electron chi connectivity index (χ2n) is 7.65. The number of amides is 1. The highest BCUT2D eigenvalue weighted by Gasteiger charge is 2.20. The standard InChI is InChI=1S/C21H35N3O3/c1-22-21(26)15-23(2)13-17-9-7-8-12-20(17)27-16-19(25)14-24(3)18-10-5-4-6-11-18/h7-9,12,18-19,25H,4-6,10-11,13-16H2,1-3H3,(H,22,26)/t19-/m0/s1. The summed E-state index contributed by atoms with van der Waals surface area (Å²) in [7, 11) is 5.64. The smallest absolute Gasteiger partial charge is 0.233 e. The highest BCUT2D eigenvalue weighted by molar-refractivity contribution is 5.77. The average molecular weight is 378 g/mol. The Bertz CT molecular complexity index is 576. The molecule has 0 heterocycles. The summed E-state index contributed by atoms with van der Waals surface area (Å²) in [6, 6.07) is 8.39. The molecule has 0 unspecified atom stereocenters. The van der Waals surface area contributed by atoms with Crippen molar-refractivity contribution in [2.75, 3.05) is 40.8 Å². The molecule has 152 valence electrons. The first-order chi connectivity index (χ1) is 13.0. The molecule has 1 fully saturated rings. The Morgan fingerprint density at radius 2 is 1.96 bits per heavy atom. The summed E-state index contributed by atoms with van der Waals surface area (Å²) >= 11 is 0. The molecule has 0 spiro atoms. The normalized spacial score (nSPS) is 16.5. The van der Waals surface area contributed by atoms with E-state index in [1.54, 1.807) is 7.05 Å². The van der Waals surface area contributed by atoms with Gasteiger partial charge in [-0.15, -0.1) is 0 Å². The van der Waals surface area contributed by atoms with Gasteiger partial charge < -0.3 is 20.1 Å². The SMILES string of the molecule is CNC(=O)CN(C)Cc1ccccc1OC[C@@H](O)CN(C)C1CCCCC1. The predicted molar refractivity (Wildman–Crippen MR) is 108 cm³/mol. The van der Waals surface area contributed by atoms with Gasteiger partial charge in [0.2, 0.25) is 5.91 Å². The fourth-order valence-electron chi connectivity index (χ4n) is 3.69. The van der Waals surface area contributed by atoms with Crippen LogP contribution in [0.1, 0.15) is 37.7 Å². The monoisotopic (exact) mass is 377 g/mol. The first-order valence-electron chi connectivity index (χ1n) is 9.97. The Labute approximate surface area is 163 Å². The lowest BCUT2D eigenvalue weighted by Gasteiger charge is -2.32. The van der Waals surface area contributed by atoms with E-state index in [1.165, 1.54) is 32.1 Å². The van der Waals surface area contributed by atoms with Crippen LogP contribution in [0, 0.1) is 0 Å². The van der Waals surface area contributed by atoms with Gasteiger partial charge in [0.05, 0.1) is 6.54 Å². The van der Waals surface area contributed by atoms with Gasteiger partial charge in [-0.1, -0.05) is 37.5 Å². The summed E-state index contributed by atoms with van der Waals surface area (Å²) in [6.45, 7) is 1.85. The van der Waals surface area contributed by atoms with Gasteiger partial charge >= 0.3 is 0 Å². The van der Waals surface area contributed by atoms with Crippen LogP contribution in [0.2, 0.25) is 0 Å². The zero-order valence-corrected chi connectivity index (χ0v) is 17.0. The van der Waals surface area contributed by atoms with Crippen LogP contribution in [0.15, 0.2) is 24.3 Å². The zero-order chi connectivity index (χ0) is 19.6. The Balaban J connectivity index is 1.83. The fourth-order valence-corrected chi connectivity index (χ4v) is 3.69. The zero-order valence-electron chi connectivity index (χ0n) is 17.0. The highest BCUT2D eigenvalue weighted by Crippen LogP contribution is 2.22. The number of likely N-dealkylation sites (N-methyl/N-ethyl adjacent to an activating group) is 3. The largest absolute Gasteiger partial charge is 0.491 e. The molecule has 0 aromatic heterocycles. The minimum atomic E-state index is -0.520.